The molecule has 0 aliphatic heterocycles. The number of aryl methyl sites for hydroxylation is 2. The molecule has 0 saturated carbocycles. The van der Waals surface area contributed by atoms with Crippen molar-refractivity contribution >= 4 is 37.3 Å². The summed E-state index contributed by atoms with van der Waals surface area (Å²) in [5, 5.41) is 0. The summed E-state index contributed by atoms with van der Waals surface area (Å²) in [5.41, 5.74) is 3.51. The number of benzene rings is 2. The Labute approximate surface area is 168 Å². The molecule has 0 aliphatic rings. The van der Waals surface area contributed by atoms with Crippen molar-refractivity contribution in [2.45, 2.75) is 25.3 Å². The van der Waals surface area contributed by atoms with E-state index in [0.717, 1.165) is 27.6 Å². The molecule has 0 spiro atoms. The third-order valence-electron chi connectivity index (χ3n) is 4.34. The number of aromatic nitrogens is 1. The molecule has 0 fully saturated rings. The van der Waals surface area contributed by atoms with Gasteiger partial charge in [-0.05, 0) is 49.2 Å². The van der Waals surface area contributed by atoms with Crippen molar-refractivity contribution in [3.8, 4) is 0 Å². The average molecular weight is 419 g/mol. The fraction of sp³-hybridized carbons (Fsp3) is 0.300. The monoisotopic (exact) mass is 418 g/mol. The Morgan fingerprint density at radius 3 is 2.64 bits per heavy atom. The van der Waals surface area contributed by atoms with Crippen LogP contribution in [0.15, 0.2) is 46.3 Å². The molecule has 0 atom stereocenters. The van der Waals surface area contributed by atoms with Crippen LogP contribution in [0.1, 0.15) is 21.5 Å². The number of rotatable bonds is 5. The van der Waals surface area contributed by atoms with Gasteiger partial charge in [0.05, 0.1) is 21.7 Å². The third kappa shape index (κ3) is 4.24. The number of amides is 1. The van der Waals surface area contributed by atoms with Crippen LogP contribution >= 0.6 is 11.3 Å². The molecular weight excluding hydrogens is 396 g/mol. The molecule has 1 amide bonds. The minimum Gasteiger partial charge on any atom is -0.383 e. The summed E-state index contributed by atoms with van der Waals surface area (Å²) < 4.78 is 31.8. The lowest BCUT2D eigenvalue weighted by molar-refractivity contribution is 0.0997. The van der Waals surface area contributed by atoms with Crippen molar-refractivity contribution in [1.29, 1.82) is 0 Å². The predicted octanol–water partition coefficient (Wildman–Crippen LogP) is 3.11. The Balaban J connectivity index is 2.15. The van der Waals surface area contributed by atoms with E-state index in [1.54, 1.807) is 19.2 Å². The molecule has 2 aromatic carbocycles. The van der Waals surface area contributed by atoms with Gasteiger partial charge in [0.2, 0.25) is 0 Å². The lowest BCUT2D eigenvalue weighted by Crippen LogP contribution is -2.19. The van der Waals surface area contributed by atoms with Crippen LogP contribution in [0.2, 0.25) is 0 Å². The molecule has 0 unspecified atom stereocenters. The average Bonchev–Trinajstić information content (AvgIpc) is 2.96. The highest BCUT2D eigenvalue weighted by Crippen LogP contribution is 2.23. The molecule has 1 aromatic heterocycles. The van der Waals surface area contributed by atoms with Gasteiger partial charge >= 0.3 is 0 Å². The zero-order valence-corrected chi connectivity index (χ0v) is 17.9. The van der Waals surface area contributed by atoms with E-state index in [2.05, 4.69) is 17.1 Å². The van der Waals surface area contributed by atoms with Crippen molar-refractivity contribution in [3.63, 3.8) is 0 Å². The summed E-state index contributed by atoms with van der Waals surface area (Å²) in [4.78, 5) is 17.7. The molecule has 0 N–H and O–H groups in total. The molecule has 0 saturated heterocycles. The van der Waals surface area contributed by atoms with Gasteiger partial charge in [-0.15, -0.1) is 0 Å². The number of methoxy groups -OCH3 is 1. The van der Waals surface area contributed by atoms with Gasteiger partial charge in [-0.3, -0.25) is 4.79 Å². The first-order valence-electron chi connectivity index (χ1n) is 8.69. The molecular formula is C20H22N2O4S2. The number of hydrogen-bond donors (Lipinski definition) is 0. The maximum Gasteiger partial charge on any atom is 0.279 e. The number of fused-ring (bicyclic) bond motifs is 1. The highest BCUT2D eigenvalue weighted by molar-refractivity contribution is 7.90. The molecule has 3 aromatic rings. The Morgan fingerprint density at radius 2 is 1.96 bits per heavy atom. The summed E-state index contributed by atoms with van der Waals surface area (Å²) in [6, 6.07) is 10.1. The number of sulfone groups is 1. The van der Waals surface area contributed by atoms with Crippen LogP contribution in [0.5, 0.6) is 0 Å². The minimum atomic E-state index is -3.40. The van der Waals surface area contributed by atoms with E-state index in [-0.39, 0.29) is 10.5 Å². The molecule has 0 aliphatic carbocycles. The maximum absolute atomic E-state index is 12.7. The Kier molecular flexibility index (Phi) is 5.83. The number of nitrogens with zero attached hydrogens (tertiary/aromatic N) is 2. The van der Waals surface area contributed by atoms with E-state index in [1.165, 1.54) is 23.5 Å². The summed E-state index contributed by atoms with van der Waals surface area (Å²) in [7, 11) is -1.77. The second-order valence-electron chi connectivity index (χ2n) is 6.68. The van der Waals surface area contributed by atoms with Gasteiger partial charge in [0.25, 0.3) is 5.91 Å². The lowest BCUT2D eigenvalue weighted by Gasteiger charge is -2.06. The first-order valence-corrected chi connectivity index (χ1v) is 11.4. The van der Waals surface area contributed by atoms with Crippen LogP contribution in [-0.2, 0) is 21.1 Å². The second kappa shape index (κ2) is 7.98. The summed E-state index contributed by atoms with van der Waals surface area (Å²) >= 11 is 1.44. The van der Waals surface area contributed by atoms with Gasteiger partial charge in [-0.2, -0.15) is 4.99 Å². The largest absolute Gasteiger partial charge is 0.383 e. The van der Waals surface area contributed by atoms with Gasteiger partial charge in [0, 0.05) is 25.5 Å². The van der Waals surface area contributed by atoms with Gasteiger partial charge in [-0.1, -0.05) is 23.5 Å². The summed E-state index contributed by atoms with van der Waals surface area (Å²) in [6.45, 7) is 5.12. The van der Waals surface area contributed by atoms with Gasteiger partial charge in [0.1, 0.15) is 0 Å². The molecule has 8 heteroatoms. The number of thiazole rings is 1. The van der Waals surface area contributed by atoms with E-state index in [1.807, 2.05) is 18.4 Å². The number of hydrogen-bond acceptors (Lipinski definition) is 5. The highest BCUT2D eigenvalue weighted by atomic mass is 32.2. The first-order chi connectivity index (χ1) is 13.2. The number of ether oxygens (including phenoxy) is 1. The van der Waals surface area contributed by atoms with Crippen molar-refractivity contribution in [2.24, 2.45) is 4.99 Å². The molecule has 3 rings (SSSR count). The van der Waals surface area contributed by atoms with Crippen molar-refractivity contribution in [3.05, 3.63) is 57.9 Å². The molecule has 6 nitrogen and oxygen atoms in total. The topological polar surface area (TPSA) is 77.7 Å². The van der Waals surface area contributed by atoms with Gasteiger partial charge < -0.3 is 9.30 Å². The van der Waals surface area contributed by atoms with Crippen LogP contribution in [0, 0.1) is 13.8 Å². The summed E-state index contributed by atoms with van der Waals surface area (Å²) in [5.74, 6) is -0.474. The normalized spacial score (nSPS) is 12.6. The Hall–Kier alpha value is -2.29. The SMILES string of the molecule is COCCn1c(=NC(=O)c2cccc(S(C)(=O)=O)c2)sc2c(C)cc(C)cc21. The van der Waals surface area contributed by atoms with E-state index < -0.39 is 15.7 Å². The zero-order chi connectivity index (χ0) is 20.5. The molecule has 0 radical (unpaired) electrons. The van der Waals surface area contributed by atoms with Crippen molar-refractivity contribution in [1.82, 2.24) is 4.57 Å². The van der Waals surface area contributed by atoms with Crippen LogP contribution in [-0.4, -0.2) is 38.9 Å². The van der Waals surface area contributed by atoms with E-state index >= 15 is 0 Å². The summed E-state index contributed by atoms with van der Waals surface area (Å²) in [6.07, 6.45) is 1.11. The first kappa shape index (κ1) is 20.4. The number of carbonyl (C=O) groups is 1. The van der Waals surface area contributed by atoms with Crippen molar-refractivity contribution < 1.29 is 17.9 Å². The van der Waals surface area contributed by atoms with Crippen LogP contribution in [0.25, 0.3) is 10.2 Å². The van der Waals surface area contributed by atoms with Crippen LogP contribution < -0.4 is 4.80 Å². The number of carbonyl (C=O) groups excluding carboxylic acids is 1. The molecule has 0 bridgehead atoms. The quantitative estimate of drug-likeness (QED) is 0.638. The minimum absolute atomic E-state index is 0.101. The molecule has 148 valence electrons. The predicted molar refractivity (Wildman–Crippen MR) is 111 cm³/mol. The molecule has 28 heavy (non-hydrogen) atoms. The van der Waals surface area contributed by atoms with Gasteiger partial charge in [-0.25, -0.2) is 8.42 Å². The van der Waals surface area contributed by atoms with Gasteiger partial charge in [0.15, 0.2) is 14.6 Å². The lowest BCUT2D eigenvalue weighted by atomic mass is 10.1. The fourth-order valence-electron chi connectivity index (χ4n) is 3.01. The standard InChI is InChI=1S/C20H22N2O4S2/c1-13-10-14(2)18-17(11-13)22(8-9-26-3)20(27-18)21-19(23)15-6-5-7-16(12-15)28(4,24)25/h5-7,10-12H,8-9H2,1-4H3. The smallest absolute Gasteiger partial charge is 0.279 e. The van der Waals surface area contributed by atoms with E-state index in [4.69, 9.17) is 4.74 Å². The third-order valence-corrected chi connectivity index (χ3v) is 6.68. The van der Waals surface area contributed by atoms with Crippen molar-refractivity contribution in [2.75, 3.05) is 20.0 Å². The zero-order valence-electron chi connectivity index (χ0n) is 16.2. The fourth-order valence-corrected chi connectivity index (χ4v) is 4.78. The Bertz CT molecular complexity index is 1220. The Morgan fingerprint density at radius 1 is 1.21 bits per heavy atom. The van der Waals surface area contributed by atoms with Crippen LogP contribution in [0.4, 0.5) is 0 Å². The highest BCUT2D eigenvalue weighted by Gasteiger charge is 2.14. The van der Waals surface area contributed by atoms with Crippen LogP contribution in [0.3, 0.4) is 0 Å². The second-order valence-corrected chi connectivity index (χ2v) is 9.67. The van der Waals surface area contributed by atoms with E-state index in [0.29, 0.717) is 18.0 Å². The van der Waals surface area contributed by atoms with E-state index in [9.17, 15) is 13.2 Å². The molecule has 1 heterocycles. The maximum atomic E-state index is 12.7.